The van der Waals surface area contributed by atoms with Gasteiger partial charge in [0.25, 0.3) is 0 Å². The zero-order valence-corrected chi connectivity index (χ0v) is 37.6. The Kier molecular flexibility index (Phi) is 12.3. The quantitative estimate of drug-likeness (QED) is 0.238. The Balaban J connectivity index is 0.00000300. The molecule has 0 spiro atoms. The summed E-state index contributed by atoms with van der Waals surface area (Å²) in [7, 11) is 0. The molecule has 3 aliphatic rings. The third kappa shape index (κ3) is 7.54. The molecule has 0 nitrogen and oxygen atoms in total. The molecule has 0 amide bonds. The molecule has 1 saturated heterocycles. The molecule has 47 heavy (non-hydrogen) atoms. The molecule has 260 valence electrons. The first kappa shape index (κ1) is 40.8. The van der Waals surface area contributed by atoms with Gasteiger partial charge in [-0.2, -0.15) is 0 Å². The molecular weight excluding hydrogens is 778 g/mol. The minimum atomic E-state index is -3.09. The number of fused-ring (bicyclic) bond motifs is 2. The van der Waals surface area contributed by atoms with Crippen molar-refractivity contribution >= 4 is 12.2 Å². The van der Waals surface area contributed by atoms with E-state index in [9.17, 15) is 0 Å². The van der Waals surface area contributed by atoms with Crippen LogP contribution in [0, 0.1) is 0 Å². The molecule has 0 saturated carbocycles. The second-order valence-corrected chi connectivity index (χ2v) is 35.8. The van der Waals surface area contributed by atoms with Gasteiger partial charge in [0.1, 0.15) is 0 Å². The molecule has 0 radical (unpaired) electrons. The largest absolute Gasteiger partial charge is 1.00 e. The van der Waals surface area contributed by atoms with E-state index in [2.05, 4.69) is 133 Å². The maximum Gasteiger partial charge on any atom is -1.00 e. The van der Waals surface area contributed by atoms with Crippen LogP contribution in [0.3, 0.4) is 0 Å². The number of hydrogen-bond acceptors (Lipinski definition) is 0. The van der Waals surface area contributed by atoms with Crippen molar-refractivity contribution in [3.05, 3.63) is 79.9 Å². The number of allylic oxidation sites excluding steroid dienone is 2. The van der Waals surface area contributed by atoms with Crippen molar-refractivity contribution in [2.75, 3.05) is 0 Å². The first-order valence-corrected chi connectivity index (χ1v) is 27.8. The van der Waals surface area contributed by atoms with Gasteiger partial charge in [0.05, 0.1) is 0 Å². The molecule has 2 atom stereocenters. The molecule has 1 fully saturated rings. The van der Waals surface area contributed by atoms with Gasteiger partial charge in [0.2, 0.25) is 0 Å². The zero-order valence-electron chi connectivity index (χ0n) is 32.5. The van der Waals surface area contributed by atoms with E-state index in [4.69, 9.17) is 0 Å². The first-order chi connectivity index (χ1) is 20.8. The van der Waals surface area contributed by atoms with E-state index in [1.165, 1.54) is 38.5 Å². The molecule has 2 aromatic rings. The van der Waals surface area contributed by atoms with Crippen LogP contribution in [0.1, 0.15) is 187 Å². The van der Waals surface area contributed by atoms with Crippen molar-refractivity contribution in [2.45, 2.75) is 173 Å². The van der Waals surface area contributed by atoms with E-state index in [0.717, 1.165) is 7.35 Å². The minimum absolute atomic E-state index is 0. The second-order valence-electron chi connectivity index (χ2n) is 19.2. The average Bonchev–Trinajstić information content (AvgIpc) is 3.45. The Morgan fingerprint density at radius 1 is 0.511 bits per heavy atom. The van der Waals surface area contributed by atoms with Crippen molar-refractivity contribution in [3.63, 3.8) is 0 Å². The van der Waals surface area contributed by atoms with E-state index < -0.39 is 20.0 Å². The third-order valence-electron chi connectivity index (χ3n) is 11.4. The average molecular weight is 844 g/mol. The van der Waals surface area contributed by atoms with E-state index in [0.29, 0.717) is 0 Å². The van der Waals surface area contributed by atoms with Crippen LogP contribution < -0.4 is 24.8 Å². The summed E-state index contributed by atoms with van der Waals surface area (Å²) < 4.78 is 4.56. The van der Waals surface area contributed by atoms with Gasteiger partial charge in [-0.1, -0.05) is 0 Å². The van der Waals surface area contributed by atoms with Crippen molar-refractivity contribution in [2.24, 2.45) is 0 Å². The second kappa shape index (κ2) is 14.2. The number of benzene rings is 2. The Hall–Kier alpha value is -0.630. The topological polar surface area (TPSA) is 0 Å². The third-order valence-corrected chi connectivity index (χ3v) is 30.3. The maximum absolute atomic E-state index is 3.09. The predicted octanol–water partition coefficient (Wildman–Crippen LogP) is 7.85. The number of halogens is 2. The van der Waals surface area contributed by atoms with Crippen molar-refractivity contribution in [1.29, 1.82) is 0 Å². The Labute approximate surface area is 307 Å². The van der Waals surface area contributed by atoms with Crippen LogP contribution in [0.15, 0.2) is 35.4 Å². The van der Waals surface area contributed by atoms with E-state index in [1.807, 2.05) is 11.1 Å². The molecule has 1 heterocycles. The fraction of sp³-hybridized carbons (Fsp3) is 0.636. The van der Waals surface area contributed by atoms with Crippen LogP contribution in [-0.4, -0.2) is 0 Å². The number of rotatable bonds is 8. The Bertz CT molecular complexity index is 1390. The van der Waals surface area contributed by atoms with Crippen LogP contribution in [0.4, 0.5) is 0 Å². The molecule has 5 rings (SSSR count). The van der Waals surface area contributed by atoms with Crippen molar-refractivity contribution < 1.29 is 44.8 Å². The summed E-state index contributed by atoms with van der Waals surface area (Å²) in [6.07, 6.45) is 13.3. The monoisotopic (exact) mass is 844 g/mol. The fourth-order valence-corrected chi connectivity index (χ4v) is 37.3. The summed E-state index contributed by atoms with van der Waals surface area (Å²) in [5.74, 6) is 0. The van der Waals surface area contributed by atoms with E-state index in [1.54, 1.807) is 52.9 Å². The molecule has 2 unspecified atom stereocenters. The summed E-state index contributed by atoms with van der Waals surface area (Å²) in [5.41, 5.74) is 17.5. The van der Waals surface area contributed by atoms with E-state index >= 15 is 0 Å². The maximum atomic E-state index is 2.77. The SMILES string of the molecule is CCCCC1=Cc2c(C(C)(C)C)ccc(C(C)(C)C)c2[CH]1[Hf+2]1([CH]2C(CCCC)=Cc3c(C(C)(C)C)ccc(C(C)(C)C)c32)[CH2][CH2]1.[Cl-].[Cl-]. The van der Waals surface area contributed by atoms with Crippen LogP contribution in [0.2, 0.25) is 8.35 Å². The molecule has 3 heteroatoms. The Morgan fingerprint density at radius 2 is 0.809 bits per heavy atom. The summed E-state index contributed by atoms with van der Waals surface area (Å²) in [6, 6.07) is 10.2. The van der Waals surface area contributed by atoms with Gasteiger partial charge < -0.3 is 24.8 Å². The standard InChI is InChI=1S/2C21H31.C2H4.2ClH.Hf/c2*1-8-9-10-15-13-16-17(14-15)19(21(5,6)7)12-11-18(16)20(2,3)4;1-2;;;/h2*11-14H,8-10H2,1-7H3;1-2H2;2*1H;/q;;;;;+2/p-2. The zero-order chi connectivity index (χ0) is 33.3. The molecule has 0 bridgehead atoms. The van der Waals surface area contributed by atoms with Gasteiger partial charge in [-0.25, -0.2) is 0 Å². The van der Waals surface area contributed by atoms with Gasteiger partial charge in [0, 0.05) is 0 Å². The summed E-state index contributed by atoms with van der Waals surface area (Å²) in [4.78, 5) is 0. The Morgan fingerprint density at radius 3 is 1.06 bits per heavy atom. The fourth-order valence-electron chi connectivity index (χ4n) is 9.13. The predicted molar refractivity (Wildman–Crippen MR) is 198 cm³/mol. The van der Waals surface area contributed by atoms with Crippen molar-refractivity contribution in [3.8, 4) is 0 Å². The first-order valence-electron chi connectivity index (χ1n) is 18.5. The van der Waals surface area contributed by atoms with Crippen LogP contribution >= 0.6 is 0 Å². The van der Waals surface area contributed by atoms with E-state index in [-0.39, 0.29) is 46.5 Å². The number of unbranched alkanes of at least 4 members (excludes halogenated alkanes) is 2. The molecule has 2 aromatic carbocycles. The number of hydrogen-bond donors (Lipinski definition) is 0. The summed E-state index contributed by atoms with van der Waals surface area (Å²) in [6.45, 7) is 34.2. The van der Waals surface area contributed by atoms with Gasteiger partial charge in [-0.15, -0.1) is 0 Å². The van der Waals surface area contributed by atoms with Crippen LogP contribution in [0.25, 0.3) is 12.2 Å². The molecule has 0 N–H and O–H groups in total. The molecular formula is C44H66Cl2Hf. The van der Waals surface area contributed by atoms with Gasteiger partial charge in [0.15, 0.2) is 0 Å². The smallest absolute Gasteiger partial charge is 1.00 e. The van der Waals surface area contributed by atoms with Crippen LogP contribution in [0.5, 0.6) is 0 Å². The van der Waals surface area contributed by atoms with Crippen LogP contribution in [-0.2, 0) is 41.6 Å². The molecule has 2 aliphatic carbocycles. The van der Waals surface area contributed by atoms with Crippen molar-refractivity contribution in [1.82, 2.24) is 0 Å². The van der Waals surface area contributed by atoms with Gasteiger partial charge in [-0.05, 0) is 0 Å². The molecule has 0 aromatic heterocycles. The minimum Gasteiger partial charge on any atom is -1.00 e. The normalized spacial score (nSPS) is 19.4. The summed E-state index contributed by atoms with van der Waals surface area (Å²) in [5, 5.41) is 0. The van der Waals surface area contributed by atoms with Gasteiger partial charge in [-0.3, -0.25) is 0 Å². The van der Waals surface area contributed by atoms with Gasteiger partial charge >= 0.3 is 285 Å². The summed E-state index contributed by atoms with van der Waals surface area (Å²) >= 11 is -3.09. The molecule has 1 aliphatic heterocycles.